The van der Waals surface area contributed by atoms with Crippen LogP contribution in [0.15, 0.2) is 23.4 Å². The molecule has 0 saturated carbocycles. The first-order valence-corrected chi connectivity index (χ1v) is 9.20. The van der Waals surface area contributed by atoms with E-state index in [2.05, 4.69) is 50.9 Å². The van der Waals surface area contributed by atoms with E-state index in [1.807, 2.05) is 11.8 Å². The Morgan fingerprint density at radius 2 is 2.10 bits per heavy atom. The van der Waals surface area contributed by atoms with Crippen molar-refractivity contribution < 1.29 is 0 Å². The molecule has 0 aromatic carbocycles. The van der Waals surface area contributed by atoms with Gasteiger partial charge in [-0.1, -0.05) is 46.6 Å². The molecule has 3 heteroatoms. The van der Waals surface area contributed by atoms with Crippen LogP contribution in [0.3, 0.4) is 0 Å². The summed E-state index contributed by atoms with van der Waals surface area (Å²) in [7, 11) is 0. The van der Waals surface area contributed by atoms with Crippen LogP contribution in [-0.2, 0) is 0 Å². The Morgan fingerprint density at radius 3 is 2.71 bits per heavy atom. The molecular weight excluding hydrogens is 276 g/mol. The summed E-state index contributed by atoms with van der Waals surface area (Å²) in [6, 6.07) is 5.10. The number of aromatic nitrogens is 1. The summed E-state index contributed by atoms with van der Waals surface area (Å²) in [5.74, 6) is 0. The molecule has 2 nitrogen and oxygen atoms in total. The van der Waals surface area contributed by atoms with Gasteiger partial charge in [0.1, 0.15) is 0 Å². The van der Waals surface area contributed by atoms with Gasteiger partial charge in [-0.2, -0.15) is 0 Å². The van der Waals surface area contributed by atoms with Crippen molar-refractivity contribution in [3.63, 3.8) is 0 Å². The highest BCUT2D eigenvalue weighted by molar-refractivity contribution is 8.00. The molecule has 0 spiro atoms. The van der Waals surface area contributed by atoms with Crippen molar-refractivity contribution in [2.75, 3.05) is 13.1 Å². The van der Waals surface area contributed by atoms with Gasteiger partial charge in [-0.3, -0.25) is 4.90 Å². The average molecular weight is 307 g/mol. The predicted octanol–water partition coefficient (Wildman–Crippen LogP) is 5.30. The molecule has 1 saturated heterocycles. The molecule has 2 heterocycles. The Morgan fingerprint density at radius 1 is 1.29 bits per heavy atom. The first kappa shape index (κ1) is 16.8. The lowest BCUT2D eigenvalue weighted by atomic mass is 9.96. The van der Waals surface area contributed by atoms with Crippen molar-refractivity contribution in [1.82, 2.24) is 9.88 Å². The second kappa shape index (κ2) is 7.64. The molecule has 0 aliphatic carbocycles. The molecule has 1 aliphatic rings. The molecule has 2 rings (SSSR count). The predicted molar refractivity (Wildman–Crippen MR) is 92.9 cm³/mol. The van der Waals surface area contributed by atoms with Gasteiger partial charge in [0, 0.05) is 17.0 Å². The van der Waals surface area contributed by atoms with Crippen LogP contribution in [-0.4, -0.2) is 27.7 Å². The number of hydrogen-bond donors (Lipinski definition) is 0. The van der Waals surface area contributed by atoms with Crippen LogP contribution in [0.25, 0.3) is 0 Å². The van der Waals surface area contributed by atoms with Gasteiger partial charge in [0.05, 0.1) is 5.03 Å². The summed E-state index contributed by atoms with van der Waals surface area (Å²) in [5, 5.41) is 1.14. The van der Waals surface area contributed by atoms with Gasteiger partial charge in [0.2, 0.25) is 0 Å². The van der Waals surface area contributed by atoms with E-state index in [0.29, 0.717) is 6.04 Å². The number of rotatable bonds is 5. The van der Waals surface area contributed by atoms with E-state index in [1.165, 1.54) is 50.8 Å². The van der Waals surface area contributed by atoms with E-state index in [4.69, 9.17) is 4.98 Å². The summed E-state index contributed by atoms with van der Waals surface area (Å²) in [6.07, 6.45) is 8.70. The number of hydrogen-bond acceptors (Lipinski definition) is 3. The third kappa shape index (κ3) is 5.30. The molecule has 0 unspecified atom stereocenters. The summed E-state index contributed by atoms with van der Waals surface area (Å²) in [6.45, 7) is 11.5. The minimum absolute atomic E-state index is 0.229. The molecule has 1 aromatic rings. The Hall–Kier alpha value is -0.540. The topological polar surface area (TPSA) is 16.1 Å². The maximum Gasteiger partial charge on any atom is 0.0965 e. The smallest absolute Gasteiger partial charge is 0.0965 e. The number of nitrogens with zero attached hydrogens (tertiary/aromatic N) is 2. The minimum atomic E-state index is 0.229. The van der Waals surface area contributed by atoms with Gasteiger partial charge in [-0.25, -0.2) is 4.98 Å². The highest BCUT2D eigenvalue weighted by Gasteiger charge is 2.23. The monoisotopic (exact) mass is 306 g/mol. The fourth-order valence-corrected chi connectivity index (χ4v) is 3.83. The molecule has 1 aromatic heterocycles. The SMILES string of the molecule is CCCCN1CCCC[C@@H]1c1ccc(SC(C)(C)C)nc1. The average Bonchev–Trinajstić information content (AvgIpc) is 2.45. The fraction of sp³-hybridized carbons (Fsp3) is 0.722. The molecule has 0 N–H and O–H groups in total. The fourth-order valence-electron chi connectivity index (χ4n) is 2.96. The van der Waals surface area contributed by atoms with Crippen LogP contribution in [0, 0.1) is 0 Å². The van der Waals surface area contributed by atoms with E-state index in [-0.39, 0.29) is 4.75 Å². The van der Waals surface area contributed by atoms with Crippen molar-refractivity contribution in [2.45, 2.75) is 75.6 Å². The maximum absolute atomic E-state index is 4.69. The van der Waals surface area contributed by atoms with E-state index in [1.54, 1.807) is 0 Å². The van der Waals surface area contributed by atoms with Crippen LogP contribution < -0.4 is 0 Å². The van der Waals surface area contributed by atoms with Crippen LogP contribution in [0.1, 0.15) is 71.4 Å². The molecule has 0 amide bonds. The lowest BCUT2D eigenvalue weighted by Gasteiger charge is -2.36. The zero-order chi connectivity index (χ0) is 15.3. The molecule has 1 fully saturated rings. The third-order valence-electron chi connectivity index (χ3n) is 3.97. The van der Waals surface area contributed by atoms with Gasteiger partial charge in [-0.05, 0) is 44.0 Å². The quantitative estimate of drug-likeness (QED) is 0.687. The van der Waals surface area contributed by atoms with Crippen molar-refractivity contribution in [1.29, 1.82) is 0 Å². The number of unbranched alkanes of at least 4 members (excludes halogenated alkanes) is 1. The van der Waals surface area contributed by atoms with Crippen LogP contribution >= 0.6 is 11.8 Å². The lowest BCUT2D eigenvalue weighted by molar-refractivity contribution is 0.146. The molecule has 21 heavy (non-hydrogen) atoms. The summed E-state index contributed by atoms with van der Waals surface area (Å²) in [5.41, 5.74) is 1.41. The van der Waals surface area contributed by atoms with Gasteiger partial charge in [-0.15, -0.1) is 11.8 Å². The summed E-state index contributed by atoms with van der Waals surface area (Å²) in [4.78, 5) is 7.36. The highest BCUT2D eigenvalue weighted by Crippen LogP contribution is 2.33. The number of likely N-dealkylation sites (tertiary alicyclic amines) is 1. The molecular formula is C18H30N2S. The highest BCUT2D eigenvalue weighted by atomic mass is 32.2. The zero-order valence-electron chi connectivity index (χ0n) is 14.1. The van der Waals surface area contributed by atoms with Crippen LogP contribution in [0.4, 0.5) is 0 Å². The Labute approximate surface area is 134 Å². The van der Waals surface area contributed by atoms with Crippen molar-refractivity contribution in [2.24, 2.45) is 0 Å². The Bertz CT molecular complexity index is 422. The normalized spacial score (nSPS) is 20.7. The Kier molecular flexibility index (Phi) is 6.12. The van der Waals surface area contributed by atoms with Gasteiger partial charge >= 0.3 is 0 Å². The second-order valence-corrected chi connectivity index (χ2v) is 8.89. The summed E-state index contributed by atoms with van der Waals surface area (Å²) < 4.78 is 0.229. The maximum atomic E-state index is 4.69. The third-order valence-corrected chi connectivity index (χ3v) is 5.03. The van der Waals surface area contributed by atoms with E-state index >= 15 is 0 Å². The first-order valence-electron chi connectivity index (χ1n) is 8.38. The molecule has 0 radical (unpaired) electrons. The van der Waals surface area contributed by atoms with E-state index in [0.717, 1.165) is 5.03 Å². The van der Waals surface area contributed by atoms with Gasteiger partial charge in [0.15, 0.2) is 0 Å². The zero-order valence-corrected chi connectivity index (χ0v) is 14.9. The minimum Gasteiger partial charge on any atom is -0.296 e. The lowest BCUT2D eigenvalue weighted by Crippen LogP contribution is -2.34. The standard InChI is InChI=1S/C18H30N2S/c1-5-6-12-20-13-8-7-9-16(20)15-10-11-17(19-14-15)21-18(2,3)4/h10-11,14,16H,5-9,12-13H2,1-4H3/t16-/m1/s1. The number of piperidine rings is 1. The molecule has 0 bridgehead atoms. The first-order chi connectivity index (χ1) is 9.99. The van der Waals surface area contributed by atoms with E-state index < -0.39 is 0 Å². The largest absolute Gasteiger partial charge is 0.296 e. The summed E-state index contributed by atoms with van der Waals surface area (Å²) >= 11 is 1.85. The van der Waals surface area contributed by atoms with Crippen molar-refractivity contribution >= 4 is 11.8 Å². The van der Waals surface area contributed by atoms with Crippen molar-refractivity contribution in [3.8, 4) is 0 Å². The van der Waals surface area contributed by atoms with Crippen LogP contribution in [0.5, 0.6) is 0 Å². The molecule has 118 valence electrons. The van der Waals surface area contributed by atoms with E-state index in [9.17, 15) is 0 Å². The van der Waals surface area contributed by atoms with Crippen molar-refractivity contribution in [3.05, 3.63) is 23.9 Å². The number of thioether (sulfide) groups is 1. The molecule has 1 atom stereocenters. The Balaban J connectivity index is 2.05. The molecule has 1 aliphatic heterocycles. The number of pyridine rings is 1. The van der Waals surface area contributed by atoms with Crippen LogP contribution in [0.2, 0.25) is 0 Å². The van der Waals surface area contributed by atoms with Gasteiger partial charge in [0.25, 0.3) is 0 Å². The second-order valence-electron chi connectivity index (χ2n) is 7.05. The van der Waals surface area contributed by atoms with Gasteiger partial charge < -0.3 is 0 Å².